The van der Waals surface area contributed by atoms with Gasteiger partial charge in [0.1, 0.15) is 0 Å². The number of carbonyl (C=O) groups excluding carboxylic acids is 2. The maximum Gasteiger partial charge on any atom is 1.00 e. The molecule has 0 aliphatic carbocycles. The number of benzene rings is 2. The van der Waals surface area contributed by atoms with Crippen LogP contribution in [0.4, 0.5) is 5.69 Å². The first-order valence-electron chi connectivity index (χ1n) is 7.40. The molecule has 1 N–H and O–H groups in total. The van der Waals surface area contributed by atoms with E-state index in [0.717, 1.165) is 0 Å². The molecule has 3 aromatic rings. The van der Waals surface area contributed by atoms with Gasteiger partial charge in [-0.25, -0.2) is 0 Å². The summed E-state index contributed by atoms with van der Waals surface area (Å²) in [6.45, 7) is 0. The van der Waals surface area contributed by atoms with Crippen molar-refractivity contribution in [1.29, 1.82) is 0 Å². The van der Waals surface area contributed by atoms with Gasteiger partial charge in [-0.2, -0.15) is 0 Å². The molecule has 6 nitrogen and oxygen atoms in total. The summed E-state index contributed by atoms with van der Waals surface area (Å²) >= 11 is 0. The number of nitrogens with one attached hydrogen (secondary N) is 1. The Labute approximate surface area is 166 Å². The van der Waals surface area contributed by atoms with Gasteiger partial charge in [0, 0.05) is 36.4 Å². The van der Waals surface area contributed by atoms with E-state index >= 15 is 0 Å². The van der Waals surface area contributed by atoms with Crippen LogP contribution < -0.4 is 40.0 Å². The number of carbonyl (C=O) groups is 2. The molecule has 1 unspecified atom stereocenters. The molecule has 0 spiro atoms. The largest absolute Gasteiger partial charge is 1.00 e. The van der Waals surface area contributed by atoms with E-state index in [1.807, 2.05) is 0 Å². The molecule has 0 aliphatic heterocycles. The second kappa shape index (κ2) is 8.71. The number of fused-ring (bicyclic) bond motifs is 1. The van der Waals surface area contributed by atoms with Crippen LogP contribution in [-0.4, -0.2) is 21.8 Å². The summed E-state index contributed by atoms with van der Waals surface area (Å²) in [4.78, 5) is 31.9. The maximum atomic E-state index is 12.2. The van der Waals surface area contributed by atoms with Gasteiger partial charge in [0.05, 0.1) is 11.0 Å². The fourth-order valence-electron chi connectivity index (χ4n) is 2.46. The number of carboxylic acids is 1. The van der Waals surface area contributed by atoms with E-state index in [9.17, 15) is 14.7 Å². The molecule has 1 aromatic heterocycles. The zero-order valence-corrected chi connectivity index (χ0v) is 15.7. The molecular weight excluding hydrogens is 329 g/mol. The monoisotopic (exact) mass is 343 g/mol. The van der Waals surface area contributed by atoms with Crippen LogP contribution in [0, 0.1) is 0 Å². The van der Waals surface area contributed by atoms with Gasteiger partial charge in [-0.1, -0.05) is 30.3 Å². The van der Waals surface area contributed by atoms with Crippen molar-refractivity contribution in [2.45, 2.75) is 12.3 Å². The van der Waals surface area contributed by atoms with Crippen LogP contribution in [0.25, 0.3) is 11.0 Å². The van der Waals surface area contributed by atoms with Crippen LogP contribution in [0.1, 0.15) is 17.9 Å². The number of anilines is 1. The summed E-state index contributed by atoms with van der Waals surface area (Å²) in [7, 11) is 0. The first-order chi connectivity index (χ1) is 11.6. The van der Waals surface area contributed by atoms with Crippen LogP contribution in [-0.2, 0) is 9.59 Å². The second-order valence-electron chi connectivity index (χ2n) is 5.29. The minimum absolute atomic E-state index is 0. The fourth-order valence-corrected chi connectivity index (χ4v) is 2.46. The molecular formula is C18H14N3NaO3. The fraction of sp³-hybridized carbons (Fsp3) is 0.111. The second-order valence-corrected chi connectivity index (χ2v) is 5.29. The summed E-state index contributed by atoms with van der Waals surface area (Å²) in [6.07, 6.45) is 2.95. The van der Waals surface area contributed by atoms with Gasteiger partial charge >= 0.3 is 29.6 Å². The topological polar surface area (TPSA) is 95.0 Å². The number of carboxylic acid groups (broad SMARTS) is 1. The van der Waals surface area contributed by atoms with Gasteiger partial charge in [-0.3, -0.25) is 14.8 Å². The minimum atomic E-state index is -1.28. The number of hydrogen-bond acceptors (Lipinski definition) is 5. The molecule has 0 radical (unpaired) electrons. The van der Waals surface area contributed by atoms with E-state index < -0.39 is 17.8 Å². The zero-order valence-electron chi connectivity index (χ0n) is 13.7. The number of aliphatic carboxylic acids is 1. The summed E-state index contributed by atoms with van der Waals surface area (Å²) in [6, 6.07) is 13.7. The quantitative estimate of drug-likeness (QED) is 0.569. The van der Waals surface area contributed by atoms with E-state index in [0.29, 0.717) is 22.3 Å². The Balaban J connectivity index is 0.00000225. The van der Waals surface area contributed by atoms with Gasteiger partial charge in [-0.15, -0.1) is 0 Å². The number of aromatic nitrogens is 2. The Morgan fingerprint density at radius 1 is 1.00 bits per heavy atom. The van der Waals surface area contributed by atoms with Crippen molar-refractivity contribution in [1.82, 2.24) is 9.97 Å². The predicted molar refractivity (Wildman–Crippen MR) is 87.0 cm³/mol. The van der Waals surface area contributed by atoms with Crippen molar-refractivity contribution in [3.05, 3.63) is 66.5 Å². The maximum absolute atomic E-state index is 12.2. The molecule has 0 bridgehead atoms. The van der Waals surface area contributed by atoms with Crippen LogP contribution in [0.5, 0.6) is 0 Å². The van der Waals surface area contributed by atoms with Crippen LogP contribution in [0.15, 0.2) is 60.9 Å². The molecule has 0 saturated heterocycles. The van der Waals surface area contributed by atoms with Crippen LogP contribution in [0.3, 0.4) is 0 Å². The van der Waals surface area contributed by atoms with Crippen LogP contribution >= 0.6 is 0 Å². The Kier molecular flexibility index (Phi) is 6.64. The van der Waals surface area contributed by atoms with E-state index in [-0.39, 0.29) is 36.0 Å². The average molecular weight is 343 g/mol. The molecule has 7 heteroatoms. The summed E-state index contributed by atoms with van der Waals surface area (Å²) in [5.41, 5.74) is 2.44. The molecule has 1 heterocycles. The van der Waals surface area contributed by atoms with Crippen molar-refractivity contribution in [2.75, 3.05) is 5.32 Å². The Morgan fingerprint density at radius 2 is 1.68 bits per heavy atom. The standard InChI is InChI=1S/C18H15N3O3.Na/c22-17(11-14(18(23)24)12-4-2-1-3-5-12)21-13-6-7-15-16(10-13)20-9-8-19-15;/h1-10,14H,11H2,(H,21,22)(H,23,24);/q;+1/p-1. The van der Waals surface area contributed by atoms with E-state index in [1.54, 1.807) is 60.9 Å². The number of amides is 1. The minimum Gasteiger partial charge on any atom is -0.549 e. The third-order valence-electron chi connectivity index (χ3n) is 3.63. The van der Waals surface area contributed by atoms with Crippen molar-refractivity contribution < 1.29 is 44.3 Å². The number of hydrogen-bond donors (Lipinski definition) is 1. The molecule has 3 rings (SSSR count). The van der Waals surface area contributed by atoms with Crippen molar-refractivity contribution in [2.24, 2.45) is 0 Å². The molecule has 120 valence electrons. The van der Waals surface area contributed by atoms with Crippen molar-refractivity contribution in [3.63, 3.8) is 0 Å². The van der Waals surface area contributed by atoms with Gasteiger partial charge in [0.15, 0.2) is 0 Å². The Hall–Kier alpha value is -2.28. The van der Waals surface area contributed by atoms with E-state index in [1.165, 1.54) is 0 Å². The van der Waals surface area contributed by atoms with Crippen molar-refractivity contribution in [3.8, 4) is 0 Å². The Bertz CT molecular complexity index is 887. The molecule has 0 aliphatic rings. The summed E-state index contributed by atoms with van der Waals surface area (Å²) in [5, 5.41) is 14.0. The summed E-state index contributed by atoms with van der Waals surface area (Å²) in [5.74, 6) is -2.68. The summed E-state index contributed by atoms with van der Waals surface area (Å²) < 4.78 is 0. The van der Waals surface area contributed by atoms with Gasteiger partial charge in [0.2, 0.25) is 5.91 Å². The van der Waals surface area contributed by atoms with E-state index in [4.69, 9.17) is 0 Å². The number of nitrogens with zero attached hydrogens (tertiary/aromatic N) is 2. The first-order valence-corrected chi connectivity index (χ1v) is 7.40. The van der Waals surface area contributed by atoms with Gasteiger partial charge in [-0.05, 0) is 23.8 Å². The predicted octanol–water partition coefficient (Wildman–Crippen LogP) is -1.50. The molecule has 0 saturated carbocycles. The van der Waals surface area contributed by atoms with Crippen molar-refractivity contribution >= 4 is 28.6 Å². The van der Waals surface area contributed by atoms with Crippen LogP contribution in [0.2, 0.25) is 0 Å². The van der Waals surface area contributed by atoms with E-state index in [2.05, 4.69) is 15.3 Å². The average Bonchev–Trinajstić information content (AvgIpc) is 2.60. The SMILES string of the molecule is O=C(CC(C(=O)[O-])c1ccccc1)Nc1ccc2nccnc2c1.[Na+]. The molecule has 1 atom stereocenters. The molecule has 25 heavy (non-hydrogen) atoms. The normalized spacial score (nSPS) is 11.4. The first kappa shape index (κ1) is 19.1. The zero-order chi connectivity index (χ0) is 16.9. The van der Waals surface area contributed by atoms with Gasteiger partial charge < -0.3 is 15.2 Å². The number of rotatable bonds is 5. The smallest absolute Gasteiger partial charge is 0.549 e. The third kappa shape index (κ3) is 4.85. The molecule has 0 fully saturated rings. The molecule has 1 amide bonds. The Morgan fingerprint density at radius 3 is 2.36 bits per heavy atom. The third-order valence-corrected chi connectivity index (χ3v) is 3.63. The van der Waals surface area contributed by atoms with Gasteiger partial charge in [0.25, 0.3) is 0 Å². The molecule has 2 aromatic carbocycles.